The van der Waals surface area contributed by atoms with Crippen molar-refractivity contribution in [2.75, 3.05) is 23.7 Å². The van der Waals surface area contributed by atoms with E-state index in [1.165, 1.54) is 6.20 Å². The van der Waals surface area contributed by atoms with Gasteiger partial charge in [-0.05, 0) is 73.8 Å². The number of hydrogen-bond acceptors (Lipinski definition) is 7. The van der Waals surface area contributed by atoms with Gasteiger partial charge in [0.25, 0.3) is 5.91 Å². The number of amidine groups is 1. The Hall–Kier alpha value is -3.69. The molecule has 176 valence electrons. The highest BCUT2D eigenvalue weighted by Crippen LogP contribution is 2.33. The quantitative estimate of drug-likeness (QED) is 0.151. The summed E-state index contributed by atoms with van der Waals surface area (Å²) in [6.45, 7) is 1.82. The predicted octanol–water partition coefficient (Wildman–Crippen LogP) is 3.63. The number of oxime groups is 1. The third-order valence-corrected chi connectivity index (χ3v) is 6.04. The summed E-state index contributed by atoms with van der Waals surface area (Å²) in [5, 5.41) is 22.4. The van der Waals surface area contributed by atoms with E-state index in [1.54, 1.807) is 24.4 Å². The van der Waals surface area contributed by atoms with Crippen LogP contribution >= 0.6 is 11.6 Å². The number of benzene rings is 1. The molecule has 4 rings (SSSR count). The third kappa shape index (κ3) is 5.62. The monoisotopic (exact) mass is 479 g/mol. The number of halogens is 1. The summed E-state index contributed by atoms with van der Waals surface area (Å²) >= 11 is 5.90. The van der Waals surface area contributed by atoms with Gasteiger partial charge in [0.1, 0.15) is 11.5 Å². The van der Waals surface area contributed by atoms with Crippen molar-refractivity contribution < 1.29 is 10.0 Å². The minimum atomic E-state index is -0.283. The molecule has 1 saturated heterocycles. The van der Waals surface area contributed by atoms with Crippen LogP contribution in [0.5, 0.6) is 0 Å². The molecule has 1 atom stereocenters. The Balaban J connectivity index is 1.64. The number of anilines is 2. The zero-order valence-corrected chi connectivity index (χ0v) is 19.2. The van der Waals surface area contributed by atoms with Gasteiger partial charge in [-0.15, -0.1) is 0 Å². The molecule has 3 aromatic rings. The van der Waals surface area contributed by atoms with Crippen LogP contribution in [0.2, 0.25) is 5.02 Å². The maximum absolute atomic E-state index is 13.1. The Bertz CT molecular complexity index is 1160. The molecule has 1 aliphatic rings. The van der Waals surface area contributed by atoms with Crippen molar-refractivity contribution in [3.8, 4) is 0 Å². The number of nitrogens with one attached hydrogen (secondary N) is 3. The number of carbonyl (C=O) groups excluding carboxylic acids is 1. The standard InChI is InChI=1S/C24H26ClN7O2/c25-17-5-6-21(29-14-17)31-24(33)18-3-1-2-4-19(18)30-22(15-7-10-27-11-8-15)16-9-12-28-20(13-16)23(26)32-34/h1-6,9,12-15,22,27,30,34H,7-8,10-11H2,(H2,26,32)(H,29,31,33). The largest absolute Gasteiger partial charge is 0.409 e. The first-order valence-corrected chi connectivity index (χ1v) is 11.4. The molecule has 0 saturated carbocycles. The second-order valence-corrected chi connectivity index (χ2v) is 8.47. The van der Waals surface area contributed by atoms with Crippen molar-refractivity contribution in [3.63, 3.8) is 0 Å². The molecule has 0 radical (unpaired) electrons. The van der Waals surface area contributed by atoms with Gasteiger partial charge in [-0.2, -0.15) is 0 Å². The first-order chi connectivity index (χ1) is 16.5. The van der Waals surface area contributed by atoms with Crippen molar-refractivity contribution in [2.45, 2.75) is 18.9 Å². The summed E-state index contributed by atoms with van der Waals surface area (Å²) in [5.41, 5.74) is 8.30. The molecule has 0 spiro atoms. The van der Waals surface area contributed by atoms with E-state index >= 15 is 0 Å². The maximum atomic E-state index is 13.1. The molecule has 34 heavy (non-hydrogen) atoms. The molecule has 1 fully saturated rings. The molecule has 6 N–H and O–H groups in total. The SMILES string of the molecule is NC(=NO)c1cc(C(Nc2ccccc2C(=O)Nc2ccc(Cl)cn2)C2CCNCC2)ccn1. The first-order valence-electron chi connectivity index (χ1n) is 11.0. The lowest BCUT2D eigenvalue weighted by Gasteiger charge is -2.33. The zero-order valence-electron chi connectivity index (χ0n) is 18.4. The molecule has 9 nitrogen and oxygen atoms in total. The van der Waals surface area contributed by atoms with Crippen LogP contribution in [-0.4, -0.2) is 40.0 Å². The van der Waals surface area contributed by atoms with Crippen LogP contribution in [0, 0.1) is 5.92 Å². The van der Waals surface area contributed by atoms with Crippen molar-refractivity contribution in [3.05, 3.63) is 82.8 Å². The number of amides is 1. The van der Waals surface area contributed by atoms with Crippen LogP contribution in [-0.2, 0) is 0 Å². The molecule has 1 aliphatic heterocycles. The molecule has 0 aliphatic carbocycles. The highest BCUT2D eigenvalue weighted by molar-refractivity contribution is 6.30. The average molecular weight is 480 g/mol. The van der Waals surface area contributed by atoms with E-state index in [1.807, 2.05) is 30.3 Å². The van der Waals surface area contributed by atoms with Gasteiger partial charge in [0, 0.05) is 18.1 Å². The average Bonchev–Trinajstić information content (AvgIpc) is 2.89. The Morgan fingerprint density at radius 1 is 1.18 bits per heavy atom. The van der Waals surface area contributed by atoms with Crippen LogP contribution in [0.15, 0.2) is 66.1 Å². The Labute approximate surface area is 202 Å². The molecule has 2 aromatic heterocycles. The lowest BCUT2D eigenvalue weighted by molar-refractivity contribution is 0.102. The van der Waals surface area contributed by atoms with Gasteiger partial charge in [0.15, 0.2) is 5.84 Å². The molecule has 1 aromatic carbocycles. The Morgan fingerprint density at radius 2 is 1.97 bits per heavy atom. The van der Waals surface area contributed by atoms with Gasteiger partial charge in [0.2, 0.25) is 0 Å². The van der Waals surface area contributed by atoms with Crippen molar-refractivity contribution in [1.82, 2.24) is 15.3 Å². The van der Waals surface area contributed by atoms with Crippen molar-refractivity contribution in [1.29, 1.82) is 0 Å². The highest BCUT2D eigenvalue weighted by atomic mass is 35.5. The highest BCUT2D eigenvalue weighted by Gasteiger charge is 2.27. The molecule has 0 bridgehead atoms. The topological polar surface area (TPSA) is 138 Å². The number of hydrogen-bond donors (Lipinski definition) is 5. The molecule has 1 amide bonds. The second-order valence-electron chi connectivity index (χ2n) is 8.03. The van der Waals surface area contributed by atoms with Crippen LogP contribution < -0.4 is 21.7 Å². The lowest BCUT2D eigenvalue weighted by atomic mass is 9.85. The van der Waals surface area contributed by atoms with E-state index in [0.29, 0.717) is 33.7 Å². The van der Waals surface area contributed by atoms with Crippen LogP contribution in [0.25, 0.3) is 0 Å². The predicted molar refractivity (Wildman–Crippen MR) is 132 cm³/mol. The number of aromatic nitrogens is 2. The van der Waals surface area contributed by atoms with E-state index in [4.69, 9.17) is 22.5 Å². The molecular weight excluding hydrogens is 454 g/mol. The van der Waals surface area contributed by atoms with Crippen LogP contribution in [0.1, 0.15) is 40.5 Å². The summed E-state index contributed by atoms with van der Waals surface area (Å²) in [7, 11) is 0. The second kappa shape index (κ2) is 11.0. The maximum Gasteiger partial charge on any atom is 0.258 e. The summed E-state index contributed by atoms with van der Waals surface area (Å²) in [6.07, 6.45) is 5.05. The van der Waals surface area contributed by atoms with Crippen LogP contribution in [0.3, 0.4) is 0 Å². The van der Waals surface area contributed by atoms with Gasteiger partial charge in [-0.3, -0.25) is 9.78 Å². The molecule has 10 heteroatoms. The fourth-order valence-corrected chi connectivity index (χ4v) is 4.20. The summed E-state index contributed by atoms with van der Waals surface area (Å²) in [6, 6.07) is 14.3. The molecule has 1 unspecified atom stereocenters. The molecule has 3 heterocycles. The minimum absolute atomic E-state index is 0.0545. The lowest BCUT2D eigenvalue weighted by Crippen LogP contribution is -2.34. The fraction of sp³-hybridized carbons (Fsp3) is 0.250. The van der Waals surface area contributed by atoms with E-state index in [-0.39, 0.29) is 17.8 Å². The summed E-state index contributed by atoms with van der Waals surface area (Å²) < 4.78 is 0. The summed E-state index contributed by atoms with van der Waals surface area (Å²) in [4.78, 5) is 21.4. The van der Waals surface area contributed by atoms with Crippen LogP contribution in [0.4, 0.5) is 11.5 Å². The smallest absolute Gasteiger partial charge is 0.258 e. The number of piperidine rings is 1. The number of pyridine rings is 2. The third-order valence-electron chi connectivity index (χ3n) is 5.82. The number of carbonyl (C=O) groups is 1. The zero-order chi connectivity index (χ0) is 23.9. The Kier molecular flexibility index (Phi) is 7.56. The van der Waals surface area contributed by atoms with Gasteiger partial charge in [-0.25, -0.2) is 4.98 Å². The van der Waals surface area contributed by atoms with Gasteiger partial charge in [0.05, 0.1) is 16.6 Å². The Morgan fingerprint density at radius 3 is 2.71 bits per heavy atom. The molecular formula is C24H26ClN7O2. The number of para-hydroxylation sites is 1. The normalized spacial score (nSPS) is 15.5. The van der Waals surface area contributed by atoms with E-state index in [0.717, 1.165) is 31.5 Å². The number of rotatable bonds is 7. The van der Waals surface area contributed by atoms with Gasteiger partial charge < -0.3 is 26.9 Å². The summed E-state index contributed by atoms with van der Waals surface area (Å²) in [5.74, 6) is 0.379. The van der Waals surface area contributed by atoms with E-state index in [2.05, 4.69) is 31.1 Å². The minimum Gasteiger partial charge on any atom is -0.409 e. The van der Waals surface area contributed by atoms with Gasteiger partial charge >= 0.3 is 0 Å². The van der Waals surface area contributed by atoms with Crippen molar-refractivity contribution in [2.24, 2.45) is 16.8 Å². The number of nitrogens with two attached hydrogens (primary N) is 1. The van der Waals surface area contributed by atoms with Crippen molar-refractivity contribution >= 4 is 34.8 Å². The number of nitrogens with zero attached hydrogens (tertiary/aromatic N) is 3. The van der Waals surface area contributed by atoms with E-state index in [9.17, 15) is 4.79 Å². The van der Waals surface area contributed by atoms with E-state index < -0.39 is 0 Å². The fourth-order valence-electron chi connectivity index (χ4n) is 4.09. The first kappa shape index (κ1) is 23.5. The van der Waals surface area contributed by atoms with Gasteiger partial charge in [-0.1, -0.05) is 28.9 Å².